The molecule has 1 fully saturated rings. The Morgan fingerprint density at radius 3 is 2.95 bits per heavy atom. The predicted octanol–water partition coefficient (Wildman–Crippen LogP) is 6.04. The van der Waals surface area contributed by atoms with Gasteiger partial charge in [0, 0.05) is 37.1 Å². The summed E-state index contributed by atoms with van der Waals surface area (Å²) in [6.07, 6.45) is 24.0. The summed E-state index contributed by atoms with van der Waals surface area (Å²) in [5.41, 5.74) is 7.46. The number of thiazole rings is 1. The van der Waals surface area contributed by atoms with E-state index >= 15 is 0 Å². The third kappa shape index (κ3) is 6.34. The van der Waals surface area contributed by atoms with Gasteiger partial charge < -0.3 is 5.32 Å². The van der Waals surface area contributed by atoms with Crippen molar-refractivity contribution < 1.29 is 4.79 Å². The molecule has 1 N–H and O–H groups in total. The Morgan fingerprint density at radius 1 is 1.18 bits per heavy atom. The average molecular weight is 526 g/mol. The molecule has 2 aromatic heterocycles. The summed E-state index contributed by atoms with van der Waals surface area (Å²) < 4.78 is 0. The molecule has 1 saturated carbocycles. The summed E-state index contributed by atoms with van der Waals surface area (Å²) in [6, 6.07) is 2.15. The number of aromatic nitrogens is 2. The van der Waals surface area contributed by atoms with Gasteiger partial charge in [0.1, 0.15) is 5.01 Å². The van der Waals surface area contributed by atoms with Crippen LogP contribution in [0.2, 0.25) is 0 Å². The molecule has 0 bridgehead atoms. The number of rotatable bonds is 8. The normalized spacial score (nSPS) is 19.1. The number of pyridine rings is 1. The second-order valence-electron chi connectivity index (χ2n) is 10.0. The van der Waals surface area contributed by atoms with Crippen LogP contribution in [0, 0.1) is 13.8 Å². The monoisotopic (exact) mass is 525 g/mol. The highest BCUT2D eigenvalue weighted by molar-refractivity contribution is 7.09. The Balaban J connectivity index is 1.27. The lowest BCUT2D eigenvalue weighted by Gasteiger charge is -2.36. The average Bonchev–Trinajstić information content (AvgIpc) is 3.16. The lowest BCUT2D eigenvalue weighted by Crippen LogP contribution is -2.44. The molecule has 1 amide bonds. The van der Waals surface area contributed by atoms with Crippen molar-refractivity contribution in [2.45, 2.75) is 58.5 Å². The van der Waals surface area contributed by atoms with Crippen LogP contribution in [0.5, 0.6) is 0 Å². The second-order valence-corrected chi connectivity index (χ2v) is 11.0. The summed E-state index contributed by atoms with van der Waals surface area (Å²) >= 11 is 1.71. The summed E-state index contributed by atoms with van der Waals surface area (Å²) in [5.74, 6) is -0.0690. The molecule has 2 aromatic rings. The Bertz CT molecular complexity index is 1330. The first-order chi connectivity index (χ1) is 18.6. The standard InChI is InChI=1S/C31H35N5OS/c1-22-14-16-32-23(2)29(22)31(37)35-19-24-7-5-8-25(13-12-24)20-36(21-28-33-17-18-38-28)27-11-6-10-26-9-3-4-15-34-30(26)27/h4-5,7-9,13-18,27H,3,6,10-12,19-21H2,1-2H3,(H,35,37). The molecule has 5 rings (SSSR count). The summed E-state index contributed by atoms with van der Waals surface area (Å²) in [4.78, 5) is 29.2. The minimum absolute atomic E-state index is 0.0690. The first kappa shape index (κ1) is 26.2. The lowest BCUT2D eigenvalue weighted by molar-refractivity contribution is 0.0955. The van der Waals surface area contributed by atoms with E-state index < -0.39 is 0 Å². The number of nitrogens with zero attached hydrogens (tertiary/aromatic N) is 4. The Kier molecular flexibility index (Phi) is 8.56. The second kappa shape index (κ2) is 12.4. The number of nitrogens with one attached hydrogen (secondary N) is 1. The van der Waals surface area contributed by atoms with E-state index in [0.29, 0.717) is 12.1 Å². The minimum Gasteiger partial charge on any atom is -0.348 e. The number of carbonyl (C=O) groups is 1. The molecule has 1 atom stereocenters. The van der Waals surface area contributed by atoms with E-state index in [-0.39, 0.29) is 11.9 Å². The van der Waals surface area contributed by atoms with Gasteiger partial charge in [0.25, 0.3) is 5.91 Å². The number of fused-ring (bicyclic) bond motifs is 1. The largest absolute Gasteiger partial charge is 0.348 e. The third-order valence-corrected chi connectivity index (χ3v) is 8.12. The van der Waals surface area contributed by atoms with E-state index in [1.54, 1.807) is 17.5 Å². The smallest absolute Gasteiger partial charge is 0.253 e. The maximum atomic E-state index is 12.8. The van der Waals surface area contributed by atoms with Gasteiger partial charge >= 0.3 is 0 Å². The summed E-state index contributed by atoms with van der Waals surface area (Å²) in [7, 11) is 0. The molecule has 3 heterocycles. The first-order valence-electron chi connectivity index (χ1n) is 13.4. The number of hydrogen-bond donors (Lipinski definition) is 1. The van der Waals surface area contributed by atoms with Crippen molar-refractivity contribution in [2.75, 3.05) is 13.1 Å². The van der Waals surface area contributed by atoms with E-state index in [2.05, 4.69) is 62.0 Å². The molecule has 6 nitrogen and oxygen atoms in total. The van der Waals surface area contributed by atoms with Gasteiger partial charge in [-0.3, -0.25) is 19.7 Å². The molecule has 7 heteroatoms. The van der Waals surface area contributed by atoms with Crippen LogP contribution in [0.25, 0.3) is 0 Å². The third-order valence-electron chi connectivity index (χ3n) is 7.36. The Labute approximate surface area is 229 Å². The number of hydrogen-bond acceptors (Lipinski definition) is 6. The zero-order valence-electron chi connectivity index (χ0n) is 22.2. The van der Waals surface area contributed by atoms with E-state index in [9.17, 15) is 4.79 Å². The zero-order valence-corrected chi connectivity index (χ0v) is 23.0. The molecule has 1 unspecified atom stereocenters. The van der Waals surface area contributed by atoms with Gasteiger partial charge in [-0.1, -0.05) is 36.5 Å². The SMILES string of the molecule is Cc1ccnc(C)c1C(=O)NCC1=CC=CC(CN(Cc2nccs2)C2CCCC3=CCC=CN=C32)=CC1. The molecule has 38 heavy (non-hydrogen) atoms. The molecule has 0 radical (unpaired) electrons. The van der Waals surface area contributed by atoms with E-state index in [4.69, 9.17) is 4.99 Å². The molecule has 3 aliphatic rings. The van der Waals surface area contributed by atoms with Crippen LogP contribution in [0.1, 0.15) is 58.7 Å². The maximum Gasteiger partial charge on any atom is 0.253 e. The number of carbonyl (C=O) groups excluding carboxylic acids is 1. The molecule has 1 aliphatic heterocycles. The van der Waals surface area contributed by atoms with Gasteiger partial charge in [-0.2, -0.15) is 0 Å². The van der Waals surface area contributed by atoms with Gasteiger partial charge in [0.2, 0.25) is 0 Å². The quantitative estimate of drug-likeness (QED) is 0.456. The number of aliphatic imine (C=N–C) groups is 1. The van der Waals surface area contributed by atoms with Crippen molar-refractivity contribution in [1.82, 2.24) is 20.2 Å². The van der Waals surface area contributed by atoms with E-state index in [1.807, 2.05) is 32.3 Å². The topological polar surface area (TPSA) is 70.5 Å². The van der Waals surface area contributed by atoms with Crippen molar-refractivity contribution >= 4 is 23.0 Å². The molecule has 2 aliphatic carbocycles. The van der Waals surface area contributed by atoms with Gasteiger partial charge in [0.05, 0.1) is 29.6 Å². The van der Waals surface area contributed by atoms with Crippen molar-refractivity contribution in [1.29, 1.82) is 0 Å². The molecule has 0 saturated heterocycles. The fraction of sp³-hybridized carbons (Fsp3) is 0.355. The Hall–Kier alpha value is -3.42. The fourth-order valence-electron chi connectivity index (χ4n) is 5.39. The van der Waals surface area contributed by atoms with Crippen LogP contribution >= 0.6 is 11.3 Å². The van der Waals surface area contributed by atoms with Crippen LogP contribution in [-0.4, -0.2) is 45.6 Å². The predicted molar refractivity (Wildman–Crippen MR) is 155 cm³/mol. The van der Waals surface area contributed by atoms with E-state index in [0.717, 1.165) is 55.0 Å². The van der Waals surface area contributed by atoms with Crippen molar-refractivity contribution in [3.05, 3.63) is 105 Å². The highest BCUT2D eigenvalue weighted by Crippen LogP contribution is 2.29. The molecule has 0 spiro atoms. The highest BCUT2D eigenvalue weighted by Gasteiger charge is 2.30. The molecule has 196 valence electrons. The van der Waals surface area contributed by atoms with Gasteiger partial charge in [-0.25, -0.2) is 4.98 Å². The lowest BCUT2D eigenvalue weighted by atomic mass is 9.86. The van der Waals surface area contributed by atoms with Crippen LogP contribution in [-0.2, 0) is 6.54 Å². The maximum absolute atomic E-state index is 12.8. The van der Waals surface area contributed by atoms with Gasteiger partial charge in [0.15, 0.2) is 0 Å². The van der Waals surface area contributed by atoms with Crippen molar-refractivity contribution in [2.24, 2.45) is 4.99 Å². The van der Waals surface area contributed by atoms with E-state index in [1.165, 1.54) is 28.9 Å². The van der Waals surface area contributed by atoms with Gasteiger partial charge in [-0.05, 0) is 74.3 Å². The van der Waals surface area contributed by atoms with Crippen LogP contribution in [0.15, 0.2) is 88.2 Å². The van der Waals surface area contributed by atoms with Gasteiger partial charge in [-0.15, -0.1) is 11.3 Å². The fourth-order valence-corrected chi connectivity index (χ4v) is 6.03. The Morgan fingerprint density at radius 2 is 2.11 bits per heavy atom. The van der Waals surface area contributed by atoms with Crippen molar-refractivity contribution in [3.8, 4) is 0 Å². The number of allylic oxidation sites excluding steroid dienone is 5. The van der Waals surface area contributed by atoms with Crippen LogP contribution in [0.3, 0.4) is 0 Å². The summed E-state index contributed by atoms with van der Waals surface area (Å²) in [6.45, 7) is 5.99. The van der Waals surface area contributed by atoms with Crippen LogP contribution < -0.4 is 5.32 Å². The summed E-state index contributed by atoms with van der Waals surface area (Å²) in [5, 5.41) is 6.28. The number of aryl methyl sites for hydroxylation is 2. The molecule has 0 aromatic carbocycles. The number of amides is 1. The molecular formula is C31H35N5OS. The zero-order chi connectivity index (χ0) is 26.3. The molecular weight excluding hydrogens is 490 g/mol. The van der Waals surface area contributed by atoms with Crippen LogP contribution in [0.4, 0.5) is 0 Å². The highest BCUT2D eigenvalue weighted by atomic mass is 32.1. The first-order valence-corrected chi connectivity index (χ1v) is 14.3. The minimum atomic E-state index is -0.0690. The van der Waals surface area contributed by atoms with Crippen molar-refractivity contribution in [3.63, 3.8) is 0 Å².